The van der Waals surface area contributed by atoms with Gasteiger partial charge in [0.15, 0.2) is 0 Å². The van der Waals surface area contributed by atoms with Crippen molar-refractivity contribution in [1.82, 2.24) is 20.0 Å². The minimum Gasteiger partial charge on any atom is -0.334 e. The van der Waals surface area contributed by atoms with E-state index in [1.165, 1.54) is 4.90 Å². The highest BCUT2D eigenvalue weighted by molar-refractivity contribution is 6.30. The monoisotopic (exact) mass is 453 g/mol. The van der Waals surface area contributed by atoms with E-state index in [0.717, 1.165) is 16.9 Å². The summed E-state index contributed by atoms with van der Waals surface area (Å²) in [5.74, 6) is 0.207. The number of aromatic nitrogens is 2. The lowest BCUT2D eigenvalue weighted by Crippen LogP contribution is -2.41. The van der Waals surface area contributed by atoms with Crippen LogP contribution in [-0.2, 0) is 16.8 Å². The Balaban J connectivity index is 1.68. The fourth-order valence-electron chi connectivity index (χ4n) is 2.99. The zero-order chi connectivity index (χ0) is 23.3. The molecule has 32 heavy (non-hydrogen) atoms. The number of hydrogen-bond donors (Lipinski definition) is 2. The number of nitrogens with one attached hydrogen (secondary N) is 2. The Kier molecular flexibility index (Phi) is 7.20. The van der Waals surface area contributed by atoms with E-state index in [1.54, 1.807) is 23.9 Å². The maximum absolute atomic E-state index is 12.7. The van der Waals surface area contributed by atoms with Gasteiger partial charge in [-0.25, -0.2) is 9.48 Å². The Labute approximate surface area is 193 Å². The lowest BCUT2D eigenvalue weighted by molar-refractivity contribution is -0.116. The van der Waals surface area contributed by atoms with Gasteiger partial charge in [0.25, 0.3) is 0 Å². The Hall–Kier alpha value is -3.32. The van der Waals surface area contributed by atoms with Crippen molar-refractivity contribution in [2.75, 3.05) is 18.9 Å². The van der Waals surface area contributed by atoms with E-state index in [-0.39, 0.29) is 23.9 Å². The van der Waals surface area contributed by atoms with Gasteiger partial charge in [-0.05, 0) is 29.8 Å². The van der Waals surface area contributed by atoms with Gasteiger partial charge in [-0.2, -0.15) is 5.10 Å². The molecule has 2 aromatic carbocycles. The van der Waals surface area contributed by atoms with E-state index < -0.39 is 0 Å². The minimum absolute atomic E-state index is 0.0999. The fraction of sp³-hybridized carbons (Fsp3) is 0.292. The van der Waals surface area contributed by atoms with E-state index in [4.69, 9.17) is 11.6 Å². The summed E-state index contributed by atoms with van der Waals surface area (Å²) in [4.78, 5) is 26.4. The normalized spacial score (nSPS) is 11.2. The van der Waals surface area contributed by atoms with Crippen molar-refractivity contribution in [2.24, 2.45) is 0 Å². The van der Waals surface area contributed by atoms with Crippen LogP contribution < -0.4 is 10.6 Å². The topological polar surface area (TPSA) is 79.3 Å². The molecule has 3 aromatic rings. The molecule has 0 fully saturated rings. The predicted molar refractivity (Wildman–Crippen MR) is 127 cm³/mol. The molecule has 1 aromatic heterocycles. The molecule has 8 heteroatoms. The summed E-state index contributed by atoms with van der Waals surface area (Å²) in [6.45, 7) is 6.45. The first-order chi connectivity index (χ1) is 15.1. The number of amides is 3. The maximum atomic E-state index is 12.7. The van der Waals surface area contributed by atoms with Crippen molar-refractivity contribution in [3.8, 4) is 5.69 Å². The molecule has 0 aliphatic carbocycles. The van der Waals surface area contributed by atoms with E-state index >= 15 is 0 Å². The number of likely N-dealkylation sites (N-methyl/N-ethyl adjacent to an activating group) is 1. The molecule has 0 radical (unpaired) electrons. The number of urea groups is 1. The molecule has 0 bridgehead atoms. The van der Waals surface area contributed by atoms with Gasteiger partial charge in [-0.3, -0.25) is 4.79 Å². The van der Waals surface area contributed by atoms with Crippen molar-refractivity contribution in [3.05, 3.63) is 76.9 Å². The Morgan fingerprint density at radius 3 is 2.34 bits per heavy atom. The Bertz CT molecular complexity index is 1070. The lowest BCUT2D eigenvalue weighted by atomic mass is 9.92. The second-order valence-corrected chi connectivity index (χ2v) is 9.04. The van der Waals surface area contributed by atoms with Crippen molar-refractivity contribution < 1.29 is 9.59 Å². The van der Waals surface area contributed by atoms with Crippen molar-refractivity contribution in [2.45, 2.75) is 32.7 Å². The van der Waals surface area contributed by atoms with Crippen LogP contribution in [0, 0.1) is 0 Å². The van der Waals surface area contributed by atoms with Gasteiger partial charge in [0.2, 0.25) is 5.91 Å². The second kappa shape index (κ2) is 9.87. The molecule has 0 aliphatic heterocycles. The average Bonchev–Trinajstić information content (AvgIpc) is 3.17. The van der Waals surface area contributed by atoms with Crippen LogP contribution in [0.15, 0.2) is 60.7 Å². The SMILES string of the molecule is CN(CC(=O)Nc1cc(C(C)(C)C)nn1-c1ccc(Cl)cc1)C(=O)NCc1ccccc1. The molecular formula is C24H28ClN5O2. The highest BCUT2D eigenvalue weighted by Crippen LogP contribution is 2.26. The van der Waals surface area contributed by atoms with E-state index in [0.29, 0.717) is 17.4 Å². The van der Waals surface area contributed by atoms with Crippen LogP contribution in [0.25, 0.3) is 5.69 Å². The summed E-state index contributed by atoms with van der Waals surface area (Å²) in [5.41, 5.74) is 2.39. The Morgan fingerprint density at radius 1 is 1.06 bits per heavy atom. The summed E-state index contributed by atoms with van der Waals surface area (Å²) in [5, 5.41) is 11.0. The van der Waals surface area contributed by atoms with Crippen LogP contribution in [0.1, 0.15) is 32.0 Å². The Morgan fingerprint density at radius 2 is 1.72 bits per heavy atom. The van der Waals surface area contributed by atoms with Crippen LogP contribution in [0.5, 0.6) is 0 Å². The van der Waals surface area contributed by atoms with Crippen LogP contribution >= 0.6 is 11.6 Å². The van der Waals surface area contributed by atoms with Crippen LogP contribution in [0.4, 0.5) is 10.6 Å². The molecule has 0 saturated carbocycles. The highest BCUT2D eigenvalue weighted by Gasteiger charge is 2.22. The average molecular weight is 454 g/mol. The summed E-state index contributed by atoms with van der Waals surface area (Å²) < 4.78 is 1.67. The maximum Gasteiger partial charge on any atom is 0.317 e. The third kappa shape index (κ3) is 6.11. The van der Waals surface area contributed by atoms with Gasteiger partial charge in [0.1, 0.15) is 12.4 Å². The van der Waals surface area contributed by atoms with Gasteiger partial charge in [-0.15, -0.1) is 0 Å². The predicted octanol–water partition coefficient (Wildman–Crippen LogP) is 4.60. The van der Waals surface area contributed by atoms with Gasteiger partial charge in [-0.1, -0.05) is 62.7 Å². The first-order valence-electron chi connectivity index (χ1n) is 10.3. The second-order valence-electron chi connectivity index (χ2n) is 8.60. The van der Waals surface area contributed by atoms with E-state index in [1.807, 2.05) is 48.5 Å². The van der Waals surface area contributed by atoms with E-state index in [9.17, 15) is 9.59 Å². The molecule has 3 amide bonds. The number of halogens is 1. The lowest BCUT2D eigenvalue weighted by Gasteiger charge is -2.18. The number of benzene rings is 2. The number of rotatable bonds is 6. The van der Waals surface area contributed by atoms with Gasteiger partial charge >= 0.3 is 6.03 Å². The van der Waals surface area contributed by atoms with Crippen LogP contribution in [-0.4, -0.2) is 40.2 Å². The number of carbonyl (C=O) groups excluding carboxylic acids is 2. The largest absolute Gasteiger partial charge is 0.334 e. The fourth-order valence-corrected chi connectivity index (χ4v) is 3.12. The number of nitrogens with zero attached hydrogens (tertiary/aromatic N) is 3. The third-order valence-corrected chi connectivity index (χ3v) is 5.08. The minimum atomic E-state index is -0.328. The van der Waals surface area contributed by atoms with Crippen molar-refractivity contribution >= 4 is 29.4 Å². The zero-order valence-electron chi connectivity index (χ0n) is 18.7. The first kappa shape index (κ1) is 23.3. The summed E-state index contributed by atoms with van der Waals surface area (Å²) >= 11 is 6.01. The van der Waals surface area contributed by atoms with Gasteiger partial charge < -0.3 is 15.5 Å². The third-order valence-electron chi connectivity index (χ3n) is 4.83. The number of anilines is 1. The molecule has 7 nitrogen and oxygen atoms in total. The number of hydrogen-bond acceptors (Lipinski definition) is 3. The van der Waals surface area contributed by atoms with Crippen molar-refractivity contribution in [1.29, 1.82) is 0 Å². The van der Waals surface area contributed by atoms with Crippen LogP contribution in [0.3, 0.4) is 0 Å². The van der Waals surface area contributed by atoms with Crippen molar-refractivity contribution in [3.63, 3.8) is 0 Å². The molecule has 0 atom stereocenters. The molecule has 0 spiro atoms. The highest BCUT2D eigenvalue weighted by atomic mass is 35.5. The zero-order valence-corrected chi connectivity index (χ0v) is 19.5. The molecule has 0 unspecified atom stereocenters. The smallest absolute Gasteiger partial charge is 0.317 e. The number of carbonyl (C=O) groups is 2. The summed E-state index contributed by atoms with van der Waals surface area (Å²) in [6.07, 6.45) is 0. The van der Waals surface area contributed by atoms with Crippen LogP contribution in [0.2, 0.25) is 5.02 Å². The van der Waals surface area contributed by atoms with E-state index in [2.05, 4.69) is 36.5 Å². The molecule has 0 aliphatic rings. The first-order valence-corrected chi connectivity index (χ1v) is 10.7. The molecule has 1 heterocycles. The molecule has 2 N–H and O–H groups in total. The summed E-state index contributed by atoms with van der Waals surface area (Å²) in [7, 11) is 1.58. The summed E-state index contributed by atoms with van der Waals surface area (Å²) in [6, 6.07) is 18.3. The molecule has 0 saturated heterocycles. The van der Waals surface area contributed by atoms with Gasteiger partial charge in [0, 0.05) is 30.1 Å². The molecule has 3 rings (SSSR count). The standard InChI is InChI=1S/C24H28ClN5O2/c1-24(2,3)20-14-21(30(28-20)19-12-10-18(25)11-13-19)27-22(31)16-29(4)23(32)26-15-17-8-6-5-7-9-17/h5-14H,15-16H2,1-4H3,(H,26,32)(H,27,31). The molecule has 168 valence electrons. The molecular weight excluding hydrogens is 426 g/mol. The quantitative estimate of drug-likeness (QED) is 0.572. The van der Waals surface area contributed by atoms with Gasteiger partial charge in [0.05, 0.1) is 11.4 Å².